The largest absolute Gasteiger partial charge is 0.384 e. The highest BCUT2D eigenvalue weighted by atomic mass is 35.5. The number of aliphatic hydroxyl groups excluding tert-OH is 1. The molecular weight excluding hydrogens is 291 g/mol. The summed E-state index contributed by atoms with van der Waals surface area (Å²) < 4.78 is 19.3. The minimum absolute atomic E-state index is 0.173. The van der Waals surface area contributed by atoms with E-state index in [0.29, 0.717) is 22.8 Å². The van der Waals surface area contributed by atoms with E-state index >= 15 is 0 Å². The van der Waals surface area contributed by atoms with Crippen LogP contribution in [-0.2, 0) is 18.0 Å². The monoisotopic (exact) mass is 304 g/mol. The average molecular weight is 305 g/mol. The van der Waals surface area contributed by atoms with Gasteiger partial charge in [-0.15, -0.1) is 0 Å². The van der Waals surface area contributed by atoms with Gasteiger partial charge >= 0.3 is 0 Å². The Hall–Kier alpha value is -1.86. The molecule has 0 fully saturated rings. The number of hydrogen-bond donors (Lipinski definition) is 1. The van der Waals surface area contributed by atoms with Gasteiger partial charge in [-0.2, -0.15) is 0 Å². The zero-order valence-electron chi connectivity index (χ0n) is 11.3. The van der Waals surface area contributed by atoms with Crippen LogP contribution in [0.15, 0.2) is 42.5 Å². The maximum Gasteiger partial charge on any atom is 0.129 e. The summed E-state index contributed by atoms with van der Waals surface area (Å²) in [5.41, 5.74) is 1.93. The summed E-state index contributed by atoms with van der Waals surface area (Å²) in [6, 6.07) is 12.0. The molecule has 2 nitrogen and oxygen atoms in total. The first kappa shape index (κ1) is 15.5. The minimum Gasteiger partial charge on any atom is -0.384 e. The van der Waals surface area contributed by atoms with Crippen LogP contribution < -0.4 is 0 Å². The van der Waals surface area contributed by atoms with Gasteiger partial charge in [0.25, 0.3) is 0 Å². The molecule has 4 heteroatoms. The Morgan fingerprint density at radius 3 is 2.71 bits per heavy atom. The number of hydrogen-bond acceptors (Lipinski definition) is 2. The Morgan fingerprint density at radius 2 is 2.00 bits per heavy atom. The molecular formula is C17H14ClFO2. The second kappa shape index (κ2) is 7.80. The first-order chi connectivity index (χ1) is 10.2. The Bertz CT molecular complexity index is 674. The van der Waals surface area contributed by atoms with E-state index < -0.39 is 0 Å². The molecule has 0 atom stereocenters. The van der Waals surface area contributed by atoms with Crippen LogP contribution in [0, 0.1) is 17.7 Å². The van der Waals surface area contributed by atoms with Gasteiger partial charge < -0.3 is 9.84 Å². The third-order valence-electron chi connectivity index (χ3n) is 2.78. The smallest absolute Gasteiger partial charge is 0.129 e. The van der Waals surface area contributed by atoms with E-state index in [-0.39, 0.29) is 19.0 Å². The standard InChI is InChI=1S/C17H14ClFO2/c18-16-5-1-3-14(9-16)11-21-12-15-7-6-13(4-2-8-20)10-17(15)19/h1,3,5-7,9-10,20H,8,11-12H2. The van der Waals surface area contributed by atoms with E-state index in [0.717, 1.165) is 5.56 Å². The Morgan fingerprint density at radius 1 is 1.14 bits per heavy atom. The van der Waals surface area contributed by atoms with E-state index in [1.807, 2.05) is 18.2 Å². The Balaban J connectivity index is 1.94. The molecule has 0 aliphatic carbocycles. The van der Waals surface area contributed by atoms with E-state index in [2.05, 4.69) is 11.8 Å². The predicted octanol–water partition coefficient (Wildman–Crippen LogP) is 3.54. The van der Waals surface area contributed by atoms with Crippen LogP contribution in [0.5, 0.6) is 0 Å². The number of benzene rings is 2. The van der Waals surface area contributed by atoms with Gasteiger partial charge in [0.1, 0.15) is 12.4 Å². The topological polar surface area (TPSA) is 29.5 Å². The normalized spacial score (nSPS) is 10.0. The molecule has 0 aliphatic heterocycles. The summed E-state index contributed by atoms with van der Waals surface area (Å²) in [7, 11) is 0. The van der Waals surface area contributed by atoms with E-state index in [4.69, 9.17) is 21.4 Å². The lowest BCUT2D eigenvalue weighted by molar-refractivity contribution is 0.105. The van der Waals surface area contributed by atoms with E-state index in [1.54, 1.807) is 18.2 Å². The third kappa shape index (κ3) is 4.87. The molecule has 0 heterocycles. The molecule has 0 spiro atoms. The molecule has 2 aromatic carbocycles. The van der Waals surface area contributed by atoms with Crippen molar-refractivity contribution >= 4 is 11.6 Å². The van der Waals surface area contributed by atoms with Crippen molar-refractivity contribution in [2.45, 2.75) is 13.2 Å². The van der Waals surface area contributed by atoms with Crippen LogP contribution in [0.2, 0.25) is 5.02 Å². The fraction of sp³-hybridized carbons (Fsp3) is 0.176. The van der Waals surface area contributed by atoms with Crippen molar-refractivity contribution in [1.29, 1.82) is 0 Å². The SMILES string of the molecule is OCC#Cc1ccc(COCc2cccc(Cl)c2)c(F)c1. The number of rotatable bonds is 4. The van der Waals surface area contributed by atoms with Crippen molar-refractivity contribution in [2.24, 2.45) is 0 Å². The van der Waals surface area contributed by atoms with Crippen molar-refractivity contribution in [3.05, 3.63) is 70.0 Å². The van der Waals surface area contributed by atoms with Crippen molar-refractivity contribution in [3.63, 3.8) is 0 Å². The molecule has 1 N–H and O–H groups in total. The lowest BCUT2D eigenvalue weighted by Gasteiger charge is -2.06. The van der Waals surface area contributed by atoms with E-state index in [1.165, 1.54) is 6.07 Å². The lowest BCUT2D eigenvalue weighted by atomic mass is 10.1. The van der Waals surface area contributed by atoms with Gasteiger partial charge in [-0.3, -0.25) is 0 Å². The van der Waals surface area contributed by atoms with Gasteiger partial charge in [-0.05, 0) is 29.8 Å². The summed E-state index contributed by atoms with van der Waals surface area (Å²) in [6.45, 7) is 0.296. The van der Waals surface area contributed by atoms with Gasteiger partial charge in [0, 0.05) is 16.1 Å². The molecule has 108 valence electrons. The highest BCUT2D eigenvalue weighted by Crippen LogP contribution is 2.14. The van der Waals surface area contributed by atoms with Gasteiger partial charge in [-0.25, -0.2) is 4.39 Å². The molecule has 21 heavy (non-hydrogen) atoms. The first-order valence-electron chi connectivity index (χ1n) is 6.39. The van der Waals surface area contributed by atoms with Gasteiger partial charge in [0.2, 0.25) is 0 Å². The molecule has 2 rings (SSSR count). The molecule has 0 unspecified atom stereocenters. The third-order valence-corrected chi connectivity index (χ3v) is 3.02. The maximum absolute atomic E-state index is 13.8. The molecule has 0 saturated carbocycles. The minimum atomic E-state index is -0.370. The van der Waals surface area contributed by atoms with Crippen molar-refractivity contribution in [2.75, 3.05) is 6.61 Å². The first-order valence-corrected chi connectivity index (χ1v) is 6.77. The van der Waals surface area contributed by atoms with Crippen molar-refractivity contribution in [1.82, 2.24) is 0 Å². The summed E-state index contributed by atoms with van der Waals surface area (Å²) in [5.74, 6) is 4.76. The zero-order chi connectivity index (χ0) is 15.1. The number of halogens is 2. The van der Waals surface area contributed by atoms with Crippen LogP contribution in [0.3, 0.4) is 0 Å². The van der Waals surface area contributed by atoms with Gasteiger partial charge in [0.05, 0.1) is 13.2 Å². The summed E-state index contributed by atoms with van der Waals surface area (Å²) in [5, 5.41) is 9.25. The fourth-order valence-electron chi connectivity index (χ4n) is 1.79. The van der Waals surface area contributed by atoms with Crippen LogP contribution in [0.1, 0.15) is 16.7 Å². The Labute approximate surface area is 128 Å². The summed E-state index contributed by atoms with van der Waals surface area (Å²) >= 11 is 5.88. The molecule has 0 bridgehead atoms. The Kier molecular flexibility index (Phi) is 5.77. The molecule has 0 saturated heterocycles. The van der Waals surface area contributed by atoms with Gasteiger partial charge in [0.15, 0.2) is 0 Å². The van der Waals surface area contributed by atoms with Crippen LogP contribution in [0.4, 0.5) is 4.39 Å². The summed E-state index contributed by atoms with van der Waals surface area (Å²) in [6.07, 6.45) is 0. The zero-order valence-corrected chi connectivity index (χ0v) is 12.0. The molecule has 0 aromatic heterocycles. The van der Waals surface area contributed by atoms with Crippen molar-refractivity contribution in [3.8, 4) is 11.8 Å². The second-order valence-corrected chi connectivity index (χ2v) is 4.83. The lowest BCUT2D eigenvalue weighted by Crippen LogP contribution is -1.97. The maximum atomic E-state index is 13.8. The number of aliphatic hydroxyl groups is 1. The summed E-state index contributed by atoms with van der Waals surface area (Å²) in [4.78, 5) is 0. The van der Waals surface area contributed by atoms with Gasteiger partial charge in [-0.1, -0.05) is 41.6 Å². The highest BCUT2D eigenvalue weighted by molar-refractivity contribution is 6.30. The highest BCUT2D eigenvalue weighted by Gasteiger charge is 2.03. The number of ether oxygens (including phenoxy) is 1. The average Bonchev–Trinajstić information content (AvgIpc) is 2.47. The molecule has 0 amide bonds. The van der Waals surface area contributed by atoms with E-state index in [9.17, 15) is 4.39 Å². The molecule has 0 radical (unpaired) electrons. The fourth-order valence-corrected chi connectivity index (χ4v) is 2.00. The van der Waals surface area contributed by atoms with Crippen LogP contribution >= 0.6 is 11.6 Å². The molecule has 2 aromatic rings. The van der Waals surface area contributed by atoms with Crippen LogP contribution in [-0.4, -0.2) is 11.7 Å². The quantitative estimate of drug-likeness (QED) is 0.876. The van der Waals surface area contributed by atoms with Crippen molar-refractivity contribution < 1.29 is 14.2 Å². The van der Waals surface area contributed by atoms with Crippen LogP contribution in [0.25, 0.3) is 0 Å². The molecule has 0 aliphatic rings. The predicted molar refractivity (Wildman–Crippen MR) is 80.3 cm³/mol. The second-order valence-electron chi connectivity index (χ2n) is 4.39.